The summed E-state index contributed by atoms with van der Waals surface area (Å²) in [6, 6.07) is 9.41. The number of nitrogens with zero attached hydrogens (tertiary/aromatic N) is 1. The van der Waals surface area contributed by atoms with E-state index in [1.54, 1.807) is 11.0 Å². The molecule has 0 bridgehead atoms. The molecule has 0 saturated heterocycles. The first kappa shape index (κ1) is 13.3. The lowest BCUT2D eigenvalue weighted by Gasteiger charge is -2.26. The van der Waals surface area contributed by atoms with Crippen molar-refractivity contribution in [1.29, 1.82) is 0 Å². The summed E-state index contributed by atoms with van der Waals surface area (Å²) >= 11 is 0. The van der Waals surface area contributed by atoms with Gasteiger partial charge in [0, 0.05) is 12.2 Å². The van der Waals surface area contributed by atoms with Crippen LogP contribution < -0.4 is 4.90 Å². The molecule has 0 spiro atoms. The topological polar surface area (TPSA) is 29.5 Å². The highest BCUT2D eigenvalue weighted by atomic mass is 16.6. The Labute approximate surface area is 103 Å². The summed E-state index contributed by atoms with van der Waals surface area (Å²) in [5.74, 6) is 0. The molecule has 0 N–H and O–H groups in total. The lowest BCUT2D eigenvalue weighted by atomic mass is 10.2. The second kappa shape index (κ2) is 5.53. The first-order valence-corrected chi connectivity index (χ1v) is 5.60. The summed E-state index contributed by atoms with van der Waals surface area (Å²) in [6.45, 7) is 9.63. The maximum atomic E-state index is 12.0. The molecular formula is C14H19NO2. The quantitative estimate of drug-likeness (QED) is 0.746. The number of anilines is 1. The number of ether oxygens (including phenoxy) is 1. The Morgan fingerprint density at radius 3 is 2.41 bits per heavy atom. The van der Waals surface area contributed by atoms with Crippen LogP contribution in [0.4, 0.5) is 10.5 Å². The first-order chi connectivity index (χ1) is 7.94. The van der Waals surface area contributed by atoms with E-state index in [0.717, 1.165) is 5.69 Å². The molecule has 17 heavy (non-hydrogen) atoms. The maximum Gasteiger partial charge on any atom is 0.415 e. The van der Waals surface area contributed by atoms with E-state index in [-0.39, 0.29) is 6.09 Å². The van der Waals surface area contributed by atoms with Crippen molar-refractivity contribution in [2.75, 3.05) is 11.4 Å². The minimum Gasteiger partial charge on any atom is -0.443 e. The van der Waals surface area contributed by atoms with Crippen LogP contribution in [0.15, 0.2) is 43.0 Å². The summed E-state index contributed by atoms with van der Waals surface area (Å²) in [5.41, 5.74) is 0.312. The fourth-order valence-corrected chi connectivity index (χ4v) is 1.34. The molecule has 0 saturated carbocycles. The van der Waals surface area contributed by atoms with Gasteiger partial charge in [-0.1, -0.05) is 24.3 Å². The van der Waals surface area contributed by atoms with Crippen LogP contribution in [0.5, 0.6) is 0 Å². The van der Waals surface area contributed by atoms with E-state index in [4.69, 9.17) is 4.74 Å². The molecule has 1 aromatic carbocycles. The van der Waals surface area contributed by atoms with Gasteiger partial charge in [-0.15, -0.1) is 6.58 Å². The van der Waals surface area contributed by atoms with Crippen molar-refractivity contribution in [3.05, 3.63) is 43.0 Å². The van der Waals surface area contributed by atoms with E-state index in [0.29, 0.717) is 6.54 Å². The second-order valence-corrected chi connectivity index (χ2v) is 4.72. The van der Waals surface area contributed by atoms with Gasteiger partial charge >= 0.3 is 6.09 Å². The zero-order valence-electron chi connectivity index (χ0n) is 10.6. The summed E-state index contributed by atoms with van der Waals surface area (Å²) in [5, 5.41) is 0. The standard InChI is InChI=1S/C14H19NO2/c1-5-11-15(12-9-7-6-8-10-12)13(16)17-14(2,3)4/h5-10H,1,11H2,2-4H3. The van der Waals surface area contributed by atoms with E-state index in [1.165, 1.54) is 0 Å². The molecule has 0 aliphatic carbocycles. The highest BCUT2D eigenvalue weighted by Gasteiger charge is 2.22. The van der Waals surface area contributed by atoms with E-state index in [1.807, 2.05) is 51.1 Å². The lowest BCUT2D eigenvalue weighted by molar-refractivity contribution is 0.0584. The Hall–Kier alpha value is -1.77. The third-order valence-electron chi connectivity index (χ3n) is 1.99. The number of hydrogen-bond acceptors (Lipinski definition) is 2. The smallest absolute Gasteiger partial charge is 0.415 e. The van der Waals surface area contributed by atoms with Crippen LogP contribution in [-0.4, -0.2) is 18.2 Å². The number of rotatable bonds is 3. The van der Waals surface area contributed by atoms with Crippen LogP contribution in [-0.2, 0) is 4.74 Å². The first-order valence-electron chi connectivity index (χ1n) is 5.60. The number of benzene rings is 1. The highest BCUT2D eigenvalue weighted by Crippen LogP contribution is 2.17. The summed E-state index contributed by atoms with van der Waals surface area (Å²) in [4.78, 5) is 13.6. The predicted octanol–water partition coefficient (Wildman–Crippen LogP) is 3.61. The number of carbonyl (C=O) groups excluding carboxylic acids is 1. The summed E-state index contributed by atoms with van der Waals surface area (Å²) in [6.07, 6.45) is 1.32. The van der Waals surface area contributed by atoms with Crippen LogP contribution in [0.25, 0.3) is 0 Å². The van der Waals surface area contributed by atoms with E-state index in [9.17, 15) is 4.79 Å². The minimum atomic E-state index is -0.495. The molecule has 0 fully saturated rings. The van der Waals surface area contributed by atoms with Gasteiger partial charge in [-0.3, -0.25) is 4.90 Å². The third kappa shape index (κ3) is 4.31. The van der Waals surface area contributed by atoms with Crippen LogP contribution >= 0.6 is 0 Å². The zero-order valence-corrected chi connectivity index (χ0v) is 10.6. The second-order valence-electron chi connectivity index (χ2n) is 4.72. The summed E-state index contributed by atoms with van der Waals surface area (Å²) < 4.78 is 5.35. The van der Waals surface area contributed by atoms with Gasteiger partial charge in [-0.2, -0.15) is 0 Å². The van der Waals surface area contributed by atoms with Gasteiger partial charge in [0.05, 0.1) is 0 Å². The minimum absolute atomic E-state index is 0.358. The molecule has 0 unspecified atom stereocenters. The average Bonchev–Trinajstić information content (AvgIpc) is 2.24. The normalized spacial score (nSPS) is 10.8. The highest BCUT2D eigenvalue weighted by molar-refractivity contribution is 5.88. The molecule has 0 aliphatic rings. The van der Waals surface area contributed by atoms with E-state index < -0.39 is 5.60 Å². The van der Waals surface area contributed by atoms with Crippen molar-refractivity contribution >= 4 is 11.8 Å². The van der Waals surface area contributed by atoms with Crippen molar-refractivity contribution in [1.82, 2.24) is 0 Å². The van der Waals surface area contributed by atoms with Crippen molar-refractivity contribution in [2.24, 2.45) is 0 Å². The van der Waals surface area contributed by atoms with Crippen LogP contribution in [0.2, 0.25) is 0 Å². The van der Waals surface area contributed by atoms with Crippen molar-refractivity contribution in [2.45, 2.75) is 26.4 Å². The van der Waals surface area contributed by atoms with Crippen LogP contribution in [0.1, 0.15) is 20.8 Å². The molecule has 92 valence electrons. The molecule has 0 radical (unpaired) electrons. The molecule has 3 nitrogen and oxygen atoms in total. The fraction of sp³-hybridized carbons (Fsp3) is 0.357. The number of amides is 1. The van der Waals surface area contributed by atoms with Gasteiger partial charge in [-0.05, 0) is 32.9 Å². The fourth-order valence-electron chi connectivity index (χ4n) is 1.34. The number of hydrogen-bond donors (Lipinski definition) is 0. The molecule has 0 atom stereocenters. The molecule has 1 amide bonds. The Morgan fingerprint density at radius 2 is 1.94 bits per heavy atom. The Kier molecular flexibility index (Phi) is 4.32. The Bertz CT molecular complexity index is 379. The largest absolute Gasteiger partial charge is 0.443 e. The van der Waals surface area contributed by atoms with Gasteiger partial charge in [0.1, 0.15) is 5.60 Å². The van der Waals surface area contributed by atoms with Crippen molar-refractivity contribution in [3.8, 4) is 0 Å². The third-order valence-corrected chi connectivity index (χ3v) is 1.99. The number of para-hydroxylation sites is 1. The average molecular weight is 233 g/mol. The SMILES string of the molecule is C=CCN(C(=O)OC(C)(C)C)c1ccccc1. The van der Waals surface area contributed by atoms with E-state index in [2.05, 4.69) is 6.58 Å². The predicted molar refractivity (Wildman–Crippen MR) is 70.2 cm³/mol. The molecule has 0 heterocycles. The lowest BCUT2D eigenvalue weighted by Crippen LogP contribution is -2.36. The maximum absolute atomic E-state index is 12.0. The zero-order chi connectivity index (χ0) is 12.9. The Morgan fingerprint density at radius 1 is 1.35 bits per heavy atom. The molecule has 0 aliphatic heterocycles. The van der Waals surface area contributed by atoms with Crippen molar-refractivity contribution < 1.29 is 9.53 Å². The molecule has 3 heteroatoms. The van der Waals surface area contributed by atoms with E-state index >= 15 is 0 Å². The molecular weight excluding hydrogens is 214 g/mol. The molecule has 0 aromatic heterocycles. The summed E-state index contributed by atoms with van der Waals surface area (Å²) in [7, 11) is 0. The van der Waals surface area contributed by atoms with Gasteiger partial charge < -0.3 is 4.74 Å². The van der Waals surface area contributed by atoms with Gasteiger partial charge in [0.15, 0.2) is 0 Å². The van der Waals surface area contributed by atoms with Crippen LogP contribution in [0, 0.1) is 0 Å². The van der Waals surface area contributed by atoms with Gasteiger partial charge in [0.2, 0.25) is 0 Å². The molecule has 1 rings (SSSR count). The number of carbonyl (C=O) groups is 1. The van der Waals surface area contributed by atoms with Crippen LogP contribution in [0.3, 0.4) is 0 Å². The van der Waals surface area contributed by atoms with Crippen molar-refractivity contribution in [3.63, 3.8) is 0 Å². The van der Waals surface area contributed by atoms with Gasteiger partial charge in [0.25, 0.3) is 0 Å². The van der Waals surface area contributed by atoms with Gasteiger partial charge in [-0.25, -0.2) is 4.79 Å². The monoisotopic (exact) mass is 233 g/mol. The Balaban J connectivity index is 2.87. The molecule has 1 aromatic rings.